The number of benzene rings is 1. The molecule has 22 heavy (non-hydrogen) atoms. The average Bonchev–Trinajstić information content (AvgIpc) is 2.85. The normalized spacial score (nSPS) is 11.3. The summed E-state index contributed by atoms with van der Waals surface area (Å²) < 4.78 is 19.7. The Morgan fingerprint density at radius 2 is 1.91 bits per heavy atom. The van der Waals surface area contributed by atoms with Gasteiger partial charge in [-0.1, -0.05) is 0 Å². The van der Waals surface area contributed by atoms with Crippen LogP contribution in [0.1, 0.15) is 18.7 Å². The predicted molar refractivity (Wildman–Crippen MR) is 89.6 cm³/mol. The zero-order chi connectivity index (χ0) is 16.3. The van der Waals surface area contributed by atoms with Crippen molar-refractivity contribution >= 4 is 33.2 Å². The third-order valence-corrected chi connectivity index (χ3v) is 4.68. The van der Waals surface area contributed by atoms with Gasteiger partial charge in [-0.15, -0.1) is 11.3 Å². The zero-order valence-electron chi connectivity index (χ0n) is 12.6. The van der Waals surface area contributed by atoms with E-state index in [0.717, 1.165) is 8.66 Å². The van der Waals surface area contributed by atoms with Crippen LogP contribution in [0.15, 0.2) is 40.2 Å². The first-order valence-electron chi connectivity index (χ1n) is 6.72. The van der Waals surface area contributed by atoms with E-state index in [1.807, 2.05) is 12.1 Å². The Balaban J connectivity index is 2.03. The van der Waals surface area contributed by atoms with Gasteiger partial charge in [-0.05, 0) is 66.2 Å². The molecule has 0 bridgehead atoms. The van der Waals surface area contributed by atoms with Gasteiger partial charge in [0.05, 0.1) is 10.3 Å². The van der Waals surface area contributed by atoms with Gasteiger partial charge in [0.1, 0.15) is 11.6 Å². The number of nitrogens with zero attached hydrogens (tertiary/aromatic N) is 1. The Bertz CT molecular complexity index is 654. The summed E-state index contributed by atoms with van der Waals surface area (Å²) in [5, 5.41) is 0. The van der Waals surface area contributed by atoms with E-state index >= 15 is 0 Å². The molecule has 1 amide bonds. The fourth-order valence-corrected chi connectivity index (χ4v) is 3.58. The quantitative estimate of drug-likeness (QED) is 0.759. The van der Waals surface area contributed by atoms with Gasteiger partial charge >= 0.3 is 0 Å². The van der Waals surface area contributed by atoms with Crippen molar-refractivity contribution in [2.75, 3.05) is 7.05 Å². The molecular formula is C16H17BrFNO2S. The van der Waals surface area contributed by atoms with Crippen molar-refractivity contribution < 1.29 is 13.9 Å². The molecule has 2 rings (SSSR count). The lowest BCUT2D eigenvalue weighted by Crippen LogP contribution is -2.47. The van der Waals surface area contributed by atoms with Crippen molar-refractivity contribution in [1.82, 2.24) is 4.90 Å². The smallest absolute Gasteiger partial charge is 0.266 e. The summed E-state index contributed by atoms with van der Waals surface area (Å²) in [7, 11) is 1.74. The molecule has 3 nitrogen and oxygen atoms in total. The second-order valence-electron chi connectivity index (χ2n) is 5.43. The van der Waals surface area contributed by atoms with Crippen molar-refractivity contribution in [3.05, 3.63) is 50.9 Å². The number of hydrogen-bond donors (Lipinski definition) is 0. The van der Waals surface area contributed by atoms with Gasteiger partial charge in [-0.2, -0.15) is 0 Å². The van der Waals surface area contributed by atoms with E-state index in [-0.39, 0.29) is 11.7 Å². The van der Waals surface area contributed by atoms with Crippen LogP contribution in [0.3, 0.4) is 0 Å². The van der Waals surface area contributed by atoms with Crippen LogP contribution in [-0.2, 0) is 11.3 Å². The molecule has 6 heteroatoms. The molecule has 0 unspecified atom stereocenters. The Morgan fingerprint density at radius 1 is 1.27 bits per heavy atom. The summed E-state index contributed by atoms with van der Waals surface area (Å²) in [5.74, 6) is -0.00904. The number of carbonyl (C=O) groups excluding carboxylic acids is 1. The number of carbonyl (C=O) groups is 1. The minimum atomic E-state index is -1.03. The molecule has 118 valence electrons. The van der Waals surface area contributed by atoms with Crippen LogP contribution >= 0.6 is 27.3 Å². The molecule has 1 aromatic carbocycles. The van der Waals surface area contributed by atoms with Gasteiger partial charge in [0, 0.05) is 11.9 Å². The molecule has 2 aromatic rings. The number of amides is 1. The number of thiophene rings is 1. The van der Waals surface area contributed by atoms with Gasteiger partial charge < -0.3 is 9.64 Å². The van der Waals surface area contributed by atoms with Crippen molar-refractivity contribution in [3.63, 3.8) is 0 Å². The molecule has 0 aliphatic carbocycles. The monoisotopic (exact) mass is 385 g/mol. The first kappa shape index (κ1) is 17.0. The third kappa shape index (κ3) is 4.30. The summed E-state index contributed by atoms with van der Waals surface area (Å²) >= 11 is 5.00. The van der Waals surface area contributed by atoms with Crippen LogP contribution in [0.4, 0.5) is 4.39 Å². The van der Waals surface area contributed by atoms with Gasteiger partial charge in [0.25, 0.3) is 5.91 Å². The van der Waals surface area contributed by atoms with E-state index in [1.54, 1.807) is 37.1 Å². The first-order chi connectivity index (χ1) is 10.3. The lowest BCUT2D eigenvalue weighted by Gasteiger charge is -2.30. The number of rotatable bonds is 5. The van der Waals surface area contributed by atoms with Gasteiger partial charge in [-0.3, -0.25) is 4.79 Å². The van der Waals surface area contributed by atoms with Crippen molar-refractivity contribution in [1.29, 1.82) is 0 Å². The lowest BCUT2D eigenvalue weighted by molar-refractivity contribution is -0.144. The maximum absolute atomic E-state index is 12.9. The molecule has 0 fully saturated rings. The minimum Gasteiger partial charge on any atom is -0.478 e. The van der Waals surface area contributed by atoms with Crippen LogP contribution in [-0.4, -0.2) is 23.5 Å². The zero-order valence-corrected chi connectivity index (χ0v) is 15.0. The molecule has 0 N–H and O–H groups in total. The number of halogens is 2. The third-order valence-electron chi connectivity index (χ3n) is 3.07. The summed E-state index contributed by atoms with van der Waals surface area (Å²) in [5.41, 5.74) is -1.03. The standard InChI is InChI=1S/C16H17BrFNO2S/c1-16(2,21-12-6-4-11(18)5-7-12)15(20)19(3)10-13-8-9-14(17)22-13/h4-9H,10H2,1-3H3. The highest BCUT2D eigenvalue weighted by molar-refractivity contribution is 9.11. The van der Waals surface area contributed by atoms with Crippen LogP contribution in [0, 0.1) is 5.82 Å². The first-order valence-corrected chi connectivity index (χ1v) is 8.33. The largest absolute Gasteiger partial charge is 0.478 e. The van der Waals surface area contributed by atoms with E-state index in [2.05, 4.69) is 15.9 Å². The molecule has 1 heterocycles. The van der Waals surface area contributed by atoms with Crippen LogP contribution in [0.25, 0.3) is 0 Å². The lowest BCUT2D eigenvalue weighted by atomic mass is 10.1. The topological polar surface area (TPSA) is 29.5 Å². The van der Waals surface area contributed by atoms with Crippen molar-refractivity contribution in [2.24, 2.45) is 0 Å². The van der Waals surface area contributed by atoms with Crippen LogP contribution in [0.5, 0.6) is 5.75 Å². The van der Waals surface area contributed by atoms with E-state index < -0.39 is 5.60 Å². The second kappa shape index (κ2) is 6.79. The highest BCUT2D eigenvalue weighted by Crippen LogP contribution is 2.25. The van der Waals surface area contributed by atoms with E-state index in [9.17, 15) is 9.18 Å². The fourth-order valence-electron chi connectivity index (χ4n) is 2.04. The summed E-state index contributed by atoms with van der Waals surface area (Å²) in [6.45, 7) is 3.93. The number of ether oxygens (including phenoxy) is 1. The molecule has 0 radical (unpaired) electrons. The molecule has 0 spiro atoms. The molecule has 0 aliphatic rings. The molecule has 0 atom stereocenters. The Morgan fingerprint density at radius 3 is 2.45 bits per heavy atom. The Labute approximate surface area is 141 Å². The highest BCUT2D eigenvalue weighted by atomic mass is 79.9. The van der Waals surface area contributed by atoms with Crippen LogP contribution in [0.2, 0.25) is 0 Å². The van der Waals surface area contributed by atoms with E-state index in [0.29, 0.717) is 12.3 Å². The van der Waals surface area contributed by atoms with E-state index in [4.69, 9.17) is 4.74 Å². The van der Waals surface area contributed by atoms with Crippen LogP contribution < -0.4 is 4.74 Å². The summed E-state index contributed by atoms with van der Waals surface area (Å²) in [6, 6.07) is 9.58. The van der Waals surface area contributed by atoms with Crippen molar-refractivity contribution in [3.8, 4) is 5.75 Å². The summed E-state index contributed by atoms with van der Waals surface area (Å²) in [6.07, 6.45) is 0. The second-order valence-corrected chi connectivity index (χ2v) is 7.98. The maximum Gasteiger partial charge on any atom is 0.266 e. The van der Waals surface area contributed by atoms with Gasteiger partial charge in [-0.25, -0.2) is 4.39 Å². The Kier molecular flexibility index (Phi) is 5.24. The fraction of sp³-hybridized carbons (Fsp3) is 0.312. The number of hydrogen-bond acceptors (Lipinski definition) is 3. The molecule has 1 aromatic heterocycles. The van der Waals surface area contributed by atoms with Gasteiger partial charge in [0.2, 0.25) is 0 Å². The highest BCUT2D eigenvalue weighted by Gasteiger charge is 2.33. The predicted octanol–water partition coefficient (Wildman–Crippen LogP) is 4.47. The van der Waals surface area contributed by atoms with E-state index in [1.165, 1.54) is 24.3 Å². The molecular weight excluding hydrogens is 369 g/mol. The molecule has 0 aliphatic heterocycles. The minimum absolute atomic E-state index is 0.138. The summed E-state index contributed by atoms with van der Waals surface area (Å²) in [4.78, 5) is 15.3. The maximum atomic E-state index is 12.9. The number of likely N-dealkylation sites (N-methyl/N-ethyl adjacent to an activating group) is 1. The Hall–Kier alpha value is -1.40. The molecule has 0 saturated heterocycles. The van der Waals surface area contributed by atoms with Crippen molar-refractivity contribution in [2.45, 2.75) is 26.0 Å². The molecule has 0 saturated carbocycles. The van der Waals surface area contributed by atoms with Gasteiger partial charge in [0.15, 0.2) is 5.60 Å². The SMILES string of the molecule is CN(Cc1ccc(Br)s1)C(=O)C(C)(C)Oc1ccc(F)cc1. The average molecular weight is 386 g/mol.